The Bertz CT molecular complexity index is 829. The number of anilines is 1. The van der Waals surface area contributed by atoms with E-state index in [0.717, 1.165) is 5.39 Å². The summed E-state index contributed by atoms with van der Waals surface area (Å²) < 4.78 is 5.45. The Labute approximate surface area is 141 Å². The summed E-state index contributed by atoms with van der Waals surface area (Å²) in [4.78, 5) is 14.0. The zero-order chi connectivity index (χ0) is 17.9. The van der Waals surface area contributed by atoms with Crippen molar-refractivity contribution in [2.75, 3.05) is 11.4 Å². The van der Waals surface area contributed by atoms with E-state index in [-0.39, 0.29) is 17.9 Å². The lowest BCUT2D eigenvalue weighted by Gasteiger charge is -2.28. The zero-order valence-corrected chi connectivity index (χ0v) is 14.0. The van der Waals surface area contributed by atoms with Crippen LogP contribution in [0.3, 0.4) is 0 Å². The molecular formula is C19H20N2O3. The molecule has 0 saturated heterocycles. The van der Waals surface area contributed by atoms with Crippen molar-refractivity contribution < 1.29 is 14.6 Å². The number of amides is 1. The van der Waals surface area contributed by atoms with Gasteiger partial charge < -0.3 is 9.84 Å². The maximum atomic E-state index is 12.6. The molecule has 1 N–H and O–H groups in total. The topological polar surface area (TPSA) is 73.6 Å². The molecule has 0 aliphatic heterocycles. The highest BCUT2D eigenvalue weighted by Gasteiger charge is 2.25. The van der Waals surface area contributed by atoms with E-state index in [0.29, 0.717) is 11.1 Å². The molecular weight excluding hydrogens is 304 g/mol. The van der Waals surface area contributed by atoms with Gasteiger partial charge in [-0.1, -0.05) is 24.8 Å². The number of aromatic hydroxyl groups is 1. The van der Waals surface area contributed by atoms with Gasteiger partial charge in [0.1, 0.15) is 11.4 Å². The van der Waals surface area contributed by atoms with Crippen molar-refractivity contribution >= 4 is 22.6 Å². The molecule has 0 bridgehead atoms. The number of fused-ring (bicyclic) bond motifs is 1. The highest BCUT2D eigenvalue weighted by molar-refractivity contribution is 6.02. The van der Waals surface area contributed by atoms with Gasteiger partial charge in [0.15, 0.2) is 0 Å². The summed E-state index contributed by atoms with van der Waals surface area (Å²) in [6.45, 7) is 8.99. The van der Waals surface area contributed by atoms with Gasteiger partial charge in [0.2, 0.25) is 0 Å². The SMILES string of the molecule is C=C(C#N)CN(C(=O)OC(C)(C)C)c1cccc2ccc(O)cc12. The number of nitriles is 1. The average Bonchev–Trinajstić information content (AvgIpc) is 2.50. The first-order valence-corrected chi connectivity index (χ1v) is 7.51. The van der Waals surface area contributed by atoms with Crippen molar-refractivity contribution in [2.24, 2.45) is 0 Å². The molecule has 0 atom stereocenters. The summed E-state index contributed by atoms with van der Waals surface area (Å²) in [6.07, 6.45) is -0.574. The summed E-state index contributed by atoms with van der Waals surface area (Å²) in [5.41, 5.74) is 0.114. The Balaban J connectivity index is 2.55. The average molecular weight is 324 g/mol. The molecule has 0 aliphatic rings. The van der Waals surface area contributed by atoms with E-state index in [1.54, 1.807) is 51.1 Å². The molecule has 0 aliphatic carbocycles. The van der Waals surface area contributed by atoms with Crippen LogP contribution >= 0.6 is 0 Å². The van der Waals surface area contributed by atoms with Crippen LogP contribution < -0.4 is 4.90 Å². The molecule has 0 spiro atoms. The molecule has 0 saturated carbocycles. The quantitative estimate of drug-likeness (QED) is 0.851. The minimum Gasteiger partial charge on any atom is -0.508 e. The van der Waals surface area contributed by atoms with Crippen LogP contribution in [-0.2, 0) is 4.74 Å². The molecule has 124 valence electrons. The zero-order valence-electron chi connectivity index (χ0n) is 14.0. The van der Waals surface area contributed by atoms with Gasteiger partial charge in [-0.2, -0.15) is 5.26 Å². The number of carbonyl (C=O) groups excluding carboxylic acids is 1. The first-order valence-electron chi connectivity index (χ1n) is 7.51. The molecule has 0 fully saturated rings. The van der Waals surface area contributed by atoms with Gasteiger partial charge in [0.25, 0.3) is 0 Å². The van der Waals surface area contributed by atoms with E-state index in [1.165, 1.54) is 4.90 Å². The fourth-order valence-electron chi connectivity index (χ4n) is 2.27. The maximum Gasteiger partial charge on any atom is 0.415 e. The molecule has 0 aromatic heterocycles. The van der Waals surface area contributed by atoms with Gasteiger partial charge >= 0.3 is 6.09 Å². The van der Waals surface area contributed by atoms with E-state index >= 15 is 0 Å². The predicted molar refractivity (Wildman–Crippen MR) is 93.9 cm³/mol. The third-order valence-corrected chi connectivity index (χ3v) is 3.25. The summed E-state index contributed by atoms with van der Waals surface area (Å²) >= 11 is 0. The maximum absolute atomic E-state index is 12.6. The first-order chi connectivity index (χ1) is 11.2. The predicted octanol–water partition coefficient (Wildman–Crippen LogP) is 4.37. The Morgan fingerprint density at radius 1 is 1.33 bits per heavy atom. The van der Waals surface area contributed by atoms with E-state index in [1.807, 2.05) is 12.1 Å². The fraction of sp³-hybridized carbons (Fsp3) is 0.263. The molecule has 0 unspecified atom stereocenters. The summed E-state index contributed by atoms with van der Waals surface area (Å²) in [5.74, 6) is 0.0956. The van der Waals surface area contributed by atoms with Crippen molar-refractivity contribution in [1.82, 2.24) is 0 Å². The second-order valence-corrected chi connectivity index (χ2v) is 6.46. The van der Waals surface area contributed by atoms with Crippen LogP contribution in [0.4, 0.5) is 10.5 Å². The van der Waals surface area contributed by atoms with Crippen molar-refractivity contribution in [2.45, 2.75) is 26.4 Å². The molecule has 0 radical (unpaired) electrons. The molecule has 5 heteroatoms. The number of hydrogen-bond donors (Lipinski definition) is 1. The van der Waals surface area contributed by atoms with Gasteiger partial charge in [-0.15, -0.1) is 0 Å². The number of rotatable bonds is 3. The highest BCUT2D eigenvalue weighted by Crippen LogP contribution is 2.31. The van der Waals surface area contributed by atoms with Crippen molar-refractivity contribution in [3.8, 4) is 11.8 Å². The Morgan fingerprint density at radius 2 is 2.04 bits per heavy atom. The number of phenolic OH excluding ortho intramolecular Hbond substituents is 1. The van der Waals surface area contributed by atoms with Crippen LogP contribution in [0, 0.1) is 11.3 Å². The van der Waals surface area contributed by atoms with Crippen LogP contribution in [0.5, 0.6) is 5.75 Å². The Kier molecular flexibility index (Phi) is 4.79. The van der Waals surface area contributed by atoms with Crippen LogP contribution in [0.25, 0.3) is 10.8 Å². The number of carbonyl (C=O) groups is 1. The van der Waals surface area contributed by atoms with Gasteiger partial charge in [-0.3, -0.25) is 4.90 Å². The normalized spacial score (nSPS) is 10.9. The highest BCUT2D eigenvalue weighted by atomic mass is 16.6. The lowest BCUT2D eigenvalue weighted by Crippen LogP contribution is -2.38. The Hall–Kier alpha value is -3.00. The van der Waals surface area contributed by atoms with Crippen molar-refractivity contribution in [1.29, 1.82) is 5.26 Å². The van der Waals surface area contributed by atoms with Gasteiger partial charge in [-0.05, 0) is 44.4 Å². The van der Waals surface area contributed by atoms with E-state index in [9.17, 15) is 9.90 Å². The minimum atomic E-state index is -0.671. The number of benzene rings is 2. The molecule has 5 nitrogen and oxygen atoms in total. The monoisotopic (exact) mass is 324 g/mol. The van der Waals surface area contributed by atoms with E-state index in [2.05, 4.69) is 6.58 Å². The van der Waals surface area contributed by atoms with E-state index < -0.39 is 11.7 Å². The standard InChI is InChI=1S/C19H20N2O3/c1-13(11-20)12-21(18(23)24-19(2,3)4)17-7-5-6-14-8-9-15(22)10-16(14)17/h5-10,22H,1,12H2,2-4H3. The van der Waals surface area contributed by atoms with Gasteiger partial charge in [-0.25, -0.2) is 4.79 Å². The second-order valence-electron chi connectivity index (χ2n) is 6.46. The number of nitrogens with zero attached hydrogens (tertiary/aromatic N) is 2. The second kappa shape index (κ2) is 6.63. The lowest BCUT2D eigenvalue weighted by molar-refractivity contribution is 0.0584. The van der Waals surface area contributed by atoms with Crippen molar-refractivity contribution in [3.05, 3.63) is 48.6 Å². The molecule has 2 aromatic carbocycles. The van der Waals surface area contributed by atoms with Gasteiger partial charge in [0.05, 0.1) is 18.3 Å². The molecule has 24 heavy (non-hydrogen) atoms. The van der Waals surface area contributed by atoms with Crippen LogP contribution in [0.1, 0.15) is 20.8 Å². The molecule has 1 amide bonds. The minimum absolute atomic E-state index is 0.0141. The Morgan fingerprint density at radius 3 is 2.67 bits per heavy atom. The van der Waals surface area contributed by atoms with Crippen LogP contribution in [-0.4, -0.2) is 23.3 Å². The smallest absolute Gasteiger partial charge is 0.415 e. The number of hydrogen-bond acceptors (Lipinski definition) is 4. The third kappa shape index (κ3) is 4.05. The molecule has 2 aromatic rings. The first kappa shape index (κ1) is 17.4. The van der Waals surface area contributed by atoms with Crippen LogP contribution in [0.15, 0.2) is 48.6 Å². The van der Waals surface area contributed by atoms with E-state index in [4.69, 9.17) is 10.00 Å². The lowest BCUT2D eigenvalue weighted by atomic mass is 10.1. The van der Waals surface area contributed by atoms with Crippen molar-refractivity contribution in [3.63, 3.8) is 0 Å². The summed E-state index contributed by atoms with van der Waals surface area (Å²) in [6, 6.07) is 12.3. The largest absolute Gasteiger partial charge is 0.508 e. The third-order valence-electron chi connectivity index (χ3n) is 3.25. The van der Waals surface area contributed by atoms with Crippen LogP contribution in [0.2, 0.25) is 0 Å². The van der Waals surface area contributed by atoms with Gasteiger partial charge in [0, 0.05) is 11.0 Å². The molecule has 2 rings (SSSR count). The number of ether oxygens (including phenoxy) is 1. The fourth-order valence-corrected chi connectivity index (χ4v) is 2.27. The number of phenols is 1. The molecule has 0 heterocycles. The summed E-state index contributed by atoms with van der Waals surface area (Å²) in [7, 11) is 0. The summed E-state index contributed by atoms with van der Waals surface area (Å²) in [5, 5.41) is 20.4.